The fourth-order valence-electron chi connectivity index (χ4n) is 3.26. The molecule has 0 aromatic carbocycles. The summed E-state index contributed by atoms with van der Waals surface area (Å²) >= 11 is 0. The molecular weight excluding hydrogens is 358 g/mol. The standard InChI is InChI=1S/C20H37N5O3/c1-5-7-9-12-23(13-10-8-6-2)16-17(3)21-20(26)11-14-24-18(4)15-19(22-24)25(27)28/h15,17H,5-14,16H2,1-4H3,(H,21,26). The lowest BCUT2D eigenvalue weighted by Crippen LogP contribution is -2.43. The van der Waals surface area contributed by atoms with Crippen molar-refractivity contribution in [3.63, 3.8) is 0 Å². The third kappa shape index (κ3) is 9.30. The lowest BCUT2D eigenvalue weighted by atomic mass is 10.2. The van der Waals surface area contributed by atoms with Crippen LogP contribution in [0.3, 0.4) is 0 Å². The molecule has 1 aromatic heterocycles. The third-order valence-corrected chi connectivity index (χ3v) is 4.80. The number of hydrogen-bond acceptors (Lipinski definition) is 5. The summed E-state index contributed by atoms with van der Waals surface area (Å²) in [6.07, 6.45) is 7.54. The predicted octanol–water partition coefficient (Wildman–Crippen LogP) is 3.68. The van der Waals surface area contributed by atoms with E-state index < -0.39 is 4.92 Å². The largest absolute Gasteiger partial charge is 0.390 e. The van der Waals surface area contributed by atoms with Gasteiger partial charge in [-0.1, -0.05) is 39.5 Å². The molecule has 1 rings (SSSR count). The first-order chi connectivity index (χ1) is 13.4. The Morgan fingerprint density at radius 1 is 1.25 bits per heavy atom. The Morgan fingerprint density at radius 2 is 1.86 bits per heavy atom. The predicted molar refractivity (Wildman–Crippen MR) is 111 cm³/mol. The second-order valence-corrected chi connectivity index (χ2v) is 7.56. The van der Waals surface area contributed by atoms with E-state index in [1.807, 2.05) is 6.92 Å². The number of aromatic nitrogens is 2. The first-order valence-electron chi connectivity index (χ1n) is 10.6. The molecule has 1 aromatic rings. The maximum Gasteiger partial charge on any atom is 0.390 e. The van der Waals surface area contributed by atoms with Gasteiger partial charge in [-0.3, -0.25) is 4.79 Å². The summed E-state index contributed by atoms with van der Waals surface area (Å²) in [6.45, 7) is 11.6. The van der Waals surface area contributed by atoms with Crippen LogP contribution in [0.1, 0.15) is 71.4 Å². The molecule has 1 amide bonds. The van der Waals surface area contributed by atoms with Gasteiger partial charge < -0.3 is 20.3 Å². The minimum absolute atomic E-state index is 0.0490. The van der Waals surface area contributed by atoms with Gasteiger partial charge in [0.1, 0.15) is 0 Å². The van der Waals surface area contributed by atoms with E-state index in [2.05, 4.69) is 29.2 Å². The first-order valence-corrected chi connectivity index (χ1v) is 10.6. The van der Waals surface area contributed by atoms with Crippen molar-refractivity contribution in [2.24, 2.45) is 0 Å². The minimum Gasteiger partial charge on any atom is -0.358 e. The van der Waals surface area contributed by atoms with E-state index in [-0.39, 0.29) is 24.2 Å². The summed E-state index contributed by atoms with van der Waals surface area (Å²) in [5, 5.41) is 17.8. The molecule has 8 heteroatoms. The molecule has 0 aliphatic heterocycles. The average Bonchev–Trinajstić information content (AvgIpc) is 3.01. The zero-order valence-corrected chi connectivity index (χ0v) is 17.9. The van der Waals surface area contributed by atoms with Gasteiger partial charge in [0.25, 0.3) is 0 Å². The number of carbonyl (C=O) groups is 1. The topological polar surface area (TPSA) is 93.3 Å². The second kappa shape index (κ2) is 13.3. The number of nitro groups is 1. The highest BCUT2D eigenvalue weighted by atomic mass is 16.6. The van der Waals surface area contributed by atoms with Gasteiger partial charge in [-0.2, -0.15) is 4.68 Å². The molecule has 0 aliphatic carbocycles. The molecule has 160 valence electrons. The van der Waals surface area contributed by atoms with Gasteiger partial charge in [0.15, 0.2) is 0 Å². The Hall–Kier alpha value is -1.96. The van der Waals surface area contributed by atoms with Gasteiger partial charge >= 0.3 is 5.82 Å². The highest BCUT2D eigenvalue weighted by molar-refractivity contribution is 5.76. The molecule has 1 unspecified atom stereocenters. The van der Waals surface area contributed by atoms with Crippen LogP contribution < -0.4 is 5.32 Å². The Labute approximate surface area is 168 Å². The highest BCUT2D eigenvalue weighted by Gasteiger charge is 2.17. The normalized spacial score (nSPS) is 12.3. The Bertz CT molecular complexity index is 593. The van der Waals surface area contributed by atoms with Crippen molar-refractivity contribution in [1.29, 1.82) is 0 Å². The van der Waals surface area contributed by atoms with E-state index in [4.69, 9.17) is 0 Å². The third-order valence-electron chi connectivity index (χ3n) is 4.80. The average molecular weight is 396 g/mol. The number of nitrogens with one attached hydrogen (secondary N) is 1. The SMILES string of the molecule is CCCCCN(CCCCC)CC(C)NC(=O)CCn1nc([N+](=O)[O-])cc1C. The van der Waals surface area contributed by atoms with Crippen molar-refractivity contribution in [3.05, 3.63) is 21.9 Å². The van der Waals surface area contributed by atoms with Crippen LogP contribution in [0.15, 0.2) is 6.07 Å². The van der Waals surface area contributed by atoms with Crippen molar-refractivity contribution in [2.75, 3.05) is 19.6 Å². The van der Waals surface area contributed by atoms with E-state index in [9.17, 15) is 14.9 Å². The molecule has 0 fully saturated rings. The lowest BCUT2D eigenvalue weighted by Gasteiger charge is -2.26. The van der Waals surface area contributed by atoms with Gasteiger partial charge in [-0.25, -0.2) is 0 Å². The van der Waals surface area contributed by atoms with Gasteiger partial charge in [-0.05, 0) is 44.7 Å². The van der Waals surface area contributed by atoms with Crippen molar-refractivity contribution in [3.8, 4) is 0 Å². The number of hydrogen-bond donors (Lipinski definition) is 1. The van der Waals surface area contributed by atoms with Crippen molar-refractivity contribution >= 4 is 11.7 Å². The van der Waals surface area contributed by atoms with Crippen LogP contribution in [0.2, 0.25) is 0 Å². The van der Waals surface area contributed by atoms with Gasteiger partial charge in [0, 0.05) is 19.0 Å². The van der Waals surface area contributed by atoms with Crippen molar-refractivity contribution in [1.82, 2.24) is 20.0 Å². The van der Waals surface area contributed by atoms with Crippen molar-refractivity contribution in [2.45, 2.75) is 85.2 Å². The molecule has 1 heterocycles. The fourth-order valence-corrected chi connectivity index (χ4v) is 3.26. The van der Waals surface area contributed by atoms with Crippen LogP contribution in [-0.4, -0.2) is 51.2 Å². The van der Waals surface area contributed by atoms with Crippen LogP contribution in [0, 0.1) is 17.0 Å². The lowest BCUT2D eigenvalue weighted by molar-refractivity contribution is -0.389. The fraction of sp³-hybridized carbons (Fsp3) is 0.800. The molecule has 28 heavy (non-hydrogen) atoms. The van der Waals surface area contributed by atoms with E-state index in [0.717, 1.165) is 19.6 Å². The molecule has 0 saturated carbocycles. The summed E-state index contributed by atoms with van der Waals surface area (Å²) < 4.78 is 1.52. The smallest absolute Gasteiger partial charge is 0.358 e. The molecule has 1 N–H and O–H groups in total. The van der Waals surface area contributed by atoms with Crippen LogP contribution in [0.5, 0.6) is 0 Å². The summed E-state index contributed by atoms with van der Waals surface area (Å²) in [7, 11) is 0. The van der Waals surface area contributed by atoms with Crippen LogP contribution in [0.4, 0.5) is 5.82 Å². The van der Waals surface area contributed by atoms with Crippen molar-refractivity contribution < 1.29 is 9.72 Å². The van der Waals surface area contributed by atoms with E-state index >= 15 is 0 Å². The molecule has 1 atom stereocenters. The summed E-state index contributed by atoms with van der Waals surface area (Å²) in [6, 6.07) is 1.49. The minimum atomic E-state index is -0.517. The molecule has 0 radical (unpaired) electrons. The molecule has 0 bridgehead atoms. The summed E-state index contributed by atoms with van der Waals surface area (Å²) in [4.78, 5) is 25.0. The molecule has 0 aliphatic rings. The molecular formula is C20H37N5O3. The Kier molecular flexibility index (Phi) is 11.4. The van der Waals surface area contributed by atoms with Crippen LogP contribution in [0.25, 0.3) is 0 Å². The maximum absolute atomic E-state index is 12.3. The maximum atomic E-state index is 12.3. The number of rotatable bonds is 15. The van der Waals surface area contributed by atoms with E-state index in [1.165, 1.54) is 49.3 Å². The Morgan fingerprint density at radius 3 is 2.36 bits per heavy atom. The van der Waals surface area contributed by atoms with Gasteiger partial charge in [0.05, 0.1) is 23.4 Å². The zero-order valence-electron chi connectivity index (χ0n) is 17.9. The zero-order chi connectivity index (χ0) is 20.9. The first kappa shape index (κ1) is 24.1. The molecule has 8 nitrogen and oxygen atoms in total. The molecule has 0 spiro atoms. The monoisotopic (exact) mass is 395 g/mol. The summed E-state index contributed by atoms with van der Waals surface area (Å²) in [5.41, 5.74) is 0.686. The second-order valence-electron chi connectivity index (χ2n) is 7.56. The highest BCUT2D eigenvalue weighted by Crippen LogP contribution is 2.11. The number of aryl methyl sites for hydroxylation is 2. The number of carbonyl (C=O) groups excluding carboxylic acids is 1. The number of amides is 1. The van der Waals surface area contributed by atoms with E-state index in [0.29, 0.717) is 12.2 Å². The number of nitrogens with zero attached hydrogens (tertiary/aromatic N) is 4. The van der Waals surface area contributed by atoms with Crippen LogP contribution >= 0.6 is 0 Å². The number of unbranched alkanes of at least 4 members (excludes halogenated alkanes) is 4. The summed E-state index contributed by atoms with van der Waals surface area (Å²) in [5.74, 6) is -0.229. The Balaban J connectivity index is 2.44. The van der Waals surface area contributed by atoms with Gasteiger partial charge in [0.2, 0.25) is 5.91 Å². The van der Waals surface area contributed by atoms with Gasteiger partial charge in [-0.15, -0.1) is 0 Å². The quantitative estimate of drug-likeness (QED) is 0.278. The van der Waals surface area contributed by atoms with E-state index in [1.54, 1.807) is 6.92 Å². The molecule has 0 saturated heterocycles. The van der Waals surface area contributed by atoms with Crippen LogP contribution in [-0.2, 0) is 11.3 Å².